The van der Waals surface area contributed by atoms with Gasteiger partial charge in [0.2, 0.25) is 0 Å². The molecular weight excluding hydrogens is 330 g/mol. The van der Waals surface area contributed by atoms with Crippen LogP contribution in [-0.2, 0) is 11.8 Å². The van der Waals surface area contributed by atoms with Crippen LogP contribution >= 0.6 is 0 Å². The van der Waals surface area contributed by atoms with Gasteiger partial charge in [0.25, 0.3) is 0 Å². The van der Waals surface area contributed by atoms with Gasteiger partial charge < -0.3 is 20.1 Å². The number of nitrogens with two attached hydrogens (primary N) is 1. The predicted octanol–water partition coefficient (Wildman–Crippen LogP) is 2.43. The molecule has 7 nitrogen and oxygen atoms in total. The molecule has 3 N–H and O–H groups in total. The molecule has 2 fully saturated rings. The van der Waals surface area contributed by atoms with Gasteiger partial charge in [0.1, 0.15) is 17.3 Å². The largest absolute Gasteiger partial charge is 0.494 e. The molecule has 0 amide bonds. The van der Waals surface area contributed by atoms with E-state index >= 15 is 0 Å². The molecule has 7 heteroatoms. The number of hydrogen-bond donors (Lipinski definition) is 2. The van der Waals surface area contributed by atoms with E-state index in [1.165, 1.54) is 0 Å². The van der Waals surface area contributed by atoms with E-state index < -0.39 is 0 Å². The Morgan fingerprint density at radius 3 is 2.77 bits per heavy atom. The number of anilines is 2. The zero-order chi connectivity index (χ0) is 18.3. The van der Waals surface area contributed by atoms with E-state index in [0.29, 0.717) is 47.2 Å². The molecule has 0 spiro atoms. The van der Waals surface area contributed by atoms with Crippen LogP contribution in [0.3, 0.4) is 0 Å². The van der Waals surface area contributed by atoms with Crippen LogP contribution in [0.1, 0.15) is 32.4 Å². The Morgan fingerprint density at radius 2 is 2.08 bits per heavy atom. The number of ether oxygens (including phenoxy) is 2. The van der Waals surface area contributed by atoms with Gasteiger partial charge in [0, 0.05) is 38.9 Å². The lowest BCUT2D eigenvalue weighted by Gasteiger charge is -2.33. The predicted molar refractivity (Wildman–Crippen MR) is 103 cm³/mol. The van der Waals surface area contributed by atoms with Crippen molar-refractivity contribution in [3.05, 3.63) is 35.5 Å². The number of hydrogen-bond acceptors (Lipinski definition) is 6. The standard InChI is InChI=1S/C19H25N5O2.H2/c1-3-25-12-6-7-16(20)15(8-12)19(21)17-9-18(23(2)22-17)24-10-13-4-5-14(11-24)26-13;/h6-9,13-14,21H,3-5,10-11,20H2,1-2H3;1H. The fourth-order valence-electron chi connectivity index (χ4n) is 3.82. The summed E-state index contributed by atoms with van der Waals surface area (Å²) in [6.07, 6.45) is 2.88. The van der Waals surface area contributed by atoms with Gasteiger partial charge in [0.05, 0.1) is 24.5 Å². The van der Waals surface area contributed by atoms with Gasteiger partial charge in [-0.3, -0.25) is 10.1 Å². The highest BCUT2D eigenvalue weighted by Crippen LogP contribution is 2.30. The number of rotatable bonds is 5. The van der Waals surface area contributed by atoms with E-state index in [1.807, 2.05) is 36.9 Å². The maximum Gasteiger partial charge on any atom is 0.127 e. The minimum atomic E-state index is 0. The van der Waals surface area contributed by atoms with Crippen LogP contribution in [0.25, 0.3) is 0 Å². The monoisotopic (exact) mass is 357 g/mol. The molecule has 2 aromatic rings. The molecule has 2 bridgehead atoms. The molecule has 2 saturated heterocycles. The maximum absolute atomic E-state index is 8.60. The van der Waals surface area contributed by atoms with Crippen molar-refractivity contribution < 1.29 is 10.9 Å². The molecule has 1 aromatic carbocycles. The number of fused-ring (bicyclic) bond motifs is 2. The van der Waals surface area contributed by atoms with Crippen LogP contribution in [-0.4, -0.2) is 47.4 Å². The normalized spacial score (nSPS) is 21.8. The summed E-state index contributed by atoms with van der Waals surface area (Å²) >= 11 is 0. The van der Waals surface area contributed by atoms with E-state index in [4.69, 9.17) is 20.6 Å². The topological polar surface area (TPSA) is 89.4 Å². The van der Waals surface area contributed by atoms with E-state index in [-0.39, 0.29) is 1.43 Å². The first-order valence-corrected chi connectivity index (χ1v) is 9.11. The van der Waals surface area contributed by atoms with Gasteiger partial charge in [-0.15, -0.1) is 0 Å². The van der Waals surface area contributed by atoms with Crippen LogP contribution in [0.4, 0.5) is 11.5 Å². The zero-order valence-corrected chi connectivity index (χ0v) is 15.2. The Hall–Kier alpha value is -2.54. The van der Waals surface area contributed by atoms with Gasteiger partial charge in [-0.1, -0.05) is 0 Å². The number of benzene rings is 1. The lowest BCUT2D eigenvalue weighted by atomic mass is 10.0. The minimum absolute atomic E-state index is 0. The molecule has 0 radical (unpaired) electrons. The Labute approximate surface area is 154 Å². The third kappa shape index (κ3) is 3.03. The van der Waals surface area contributed by atoms with Gasteiger partial charge in [-0.2, -0.15) is 5.10 Å². The molecule has 2 aliphatic rings. The molecule has 26 heavy (non-hydrogen) atoms. The number of nitrogens with one attached hydrogen (secondary N) is 1. The second-order valence-electron chi connectivity index (χ2n) is 6.93. The summed E-state index contributed by atoms with van der Waals surface area (Å²) in [4.78, 5) is 2.32. The van der Waals surface area contributed by atoms with Crippen molar-refractivity contribution in [3.8, 4) is 5.75 Å². The lowest BCUT2D eigenvalue weighted by molar-refractivity contribution is 0.0300. The first kappa shape index (κ1) is 16.9. The highest BCUT2D eigenvalue weighted by atomic mass is 16.5. The maximum atomic E-state index is 8.60. The second-order valence-corrected chi connectivity index (χ2v) is 6.93. The first-order chi connectivity index (χ1) is 12.5. The summed E-state index contributed by atoms with van der Waals surface area (Å²) in [7, 11) is 1.92. The van der Waals surface area contributed by atoms with Gasteiger partial charge in [-0.05, 0) is 38.0 Å². The van der Waals surface area contributed by atoms with Crippen LogP contribution in [0, 0.1) is 5.41 Å². The number of aromatic nitrogens is 2. The molecule has 3 heterocycles. The Kier molecular flexibility index (Phi) is 4.32. The van der Waals surface area contributed by atoms with Crippen molar-refractivity contribution in [3.63, 3.8) is 0 Å². The number of nitrogen functional groups attached to an aromatic ring is 1. The van der Waals surface area contributed by atoms with Crippen molar-refractivity contribution >= 4 is 17.2 Å². The summed E-state index contributed by atoms with van der Waals surface area (Å²) in [5.41, 5.74) is 8.21. The highest BCUT2D eigenvalue weighted by Gasteiger charge is 2.35. The summed E-state index contributed by atoms with van der Waals surface area (Å²) in [6, 6.07) is 7.38. The summed E-state index contributed by atoms with van der Waals surface area (Å²) in [6.45, 7) is 4.27. The SMILES string of the molecule is CCOc1ccc(N)c(C(=N)c2cc(N3CC4CCC(C3)O4)n(C)n2)c1.[HH]. The van der Waals surface area contributed by atoms with Crippen molar-refractivity contribution in [1.82, 2.24) is 9.78 Å². The van der Waals surface area contributed by atoms with Crippen molar-refractivity contribution in [1.29, 1.82) is 5.41 Å². The van der Waals surface area contributed by atoms with Crippen molar-refractivity contribution in [2.45, 2.75) is 32.0 Å². The average molecular weight is 357 g/mol. The molecule has 2 atom stereocenters. The minimum Gasteiger partial charge on any atom is -0.494 e. The van der Waals surface area contributed by atoms with E-state index in [0.717, 1.165) is 31.7 Å². The van der Waals surface area contributed by atoms with E-state index in [2.05, 4.69) is 10.00 Å². The first-order valence-electron chi connectivity index (χ1n) is 9.11. The molecule has 0 aliphatic carbocycles. The zero-order valence-electron chi connectivity index (χ0n) is 15.2. The van der Waals surface area contributed by atoms with E-state index in [1.54, 1.807) is 6.07 Å². The Morgan fingerprint density at radius 1 is 1.35 bits per heavy atom. The number of aryl methyl sites for hydroxylation is 1. The van der Waals surface area contributed by atoms with E-state index in [9.17, 15) is 0 Å². The molecule has 1 aromatic heterocycles. The number of nitrogens with zero attached hydrogens (tertiary/aromatic N) is 3. The molecule has 0 saturated carbocycles. The lowest BCUT2D eigenvalue weighted by Crippen LogP contribution is -2.43. The number of morpholine rings is 1. The van der Waals surface area contributed by atoms with Crippen molar-refractivity contribution in [2.24, 2.45) is 7.05 Å². The van der Waals surface area contributed by atoms with Gasteiger partial charge in [-0.25, -0.2) is 0 Å². The molecule has 4 rings (SSSR count). The molecule has 140 valence electrons. The van der Waals surface area contributed by atoms with Crippen molar-refractivity contribution in [2.75, 3.05) is 30.3 Å². The molecular formula is C19H27N5O2. The fourth-order valence-corrected chi connectivity index (χ4v) is 3.82. The van der Waals surface area contributed by atoms with Crippen LogP contribution < -0.4 is 15.4 Å². The summed E-state index contributed by atoms with van der Waals surface area (Å²) < 4.78 is 13.3. The van der Waals surface area contributed by atoms with Gasteiger partial charge in [0.15, 0.2) is 0 Å². The fraction of sp³-hybridized carbons (Fsp3) is 0.474. The molecule has 2 unspecified atom stereocenters. The van der Waals surface area contributed by atoms with Gasteiger partial charge >= 0.3 is 0 Å². The third-order valence-electron chi connectivity index (χ3n) is 5.08. The van der Waals surface area contributed by atoms with Crippen LogP contribution in [0.5, 0.6) is 5.75 Å². The second kappa shape index (κ2) is 6.64. The Balaban J connectivity index is 0.00000210. The Bertz CT molecular complexity index is 826. The smallest absolute Gasteiger partial charge is 0.127 e. The van der Waals surface area contributed by atoms with Crippen LogP contribution in [0.2, 0.25) is 0 Å². The third-order valence-corrected chi connectivity index (χ3v) is 5.08. The highest BCUT2D eigenvalue weighted by molar-refractivity contribution is 6.13. The quantitative estimate of drug-likeness (QED) is 0.634. The van der Waals surface area contributed by atoms with Crippen LogP contribution in [0.15, 0.2) is 24.3 Å². The average Bonchev–Trinajstić information content (AvgIpc) is 3.18. The summed E-state index contributed by atoms with van der Waals surface area (Å²) in [5.74, 6) is 1.73. The summed E-state index contributed by atoms with van der Waals surface area (Å²) in [5, 5.41) is 13.2. The molecule has 2 aliphatic heterocycles.